The zero-order chi connectivity index (χ0) is 18.1. The Kier molecular flexibility index (Phi) is 7.66. The van der Waals surface area contributed by atoms with Crippen LogP contribution in [0.4, 0.5) is 0 Å². The highest BCUT2D eigenvalue weighted by Crippen LogP contribution is 2.28. The molecule has 0 fully saturated rings. The van der Waals surface area contributed by atoms with Crippen molar-refractivity contribution in [2.24, 2.45) is 7.05 Å². The molecule has 2 aromatic rings. The van der Waals surface area contributed by atoms with Crippen molar-refractivity contribution in [1.29, 1.82) is 0 Å². The van der Waals surface area contributed by atoms with Crippen LogP contribution in [0.3, 0.4) is 0 Å². The zero-order valence-corrected chi connectivity index (χ0v) is 15.8. The molecule has 0 radical (unpaired) electrons. The Morgan fingerprint density at radius 2 is 2.00 bits per heavy atom. The Hall–Kier alpha value is -2.15. The maximum Gasteiger partial charge on any atom is 0.230 e. The number of ether oxygens (including phenoxy) is 2. The smallest absolute Gasteiger partial charge is 0.230 e. The minimum absolute atomic E-state index is 0.00367. The number of aromatic nitrogens is 2. The second-order valence-corrected chi connectivity index (χ2v) is 6.30. The predicted octanol–water partition coefficient (Wildman–Crippen LogP) is 2.67. The lowest BCUT2D eigenvalue weighted by Crippen LogP contribution is -2.27. The maximum absolute atomic E-state index is 11.9. The Balaban J connectivity index is 1.79. The first-order valence-corrected chi connectivity index (χ1v) is 9.38. The number of thioether (sulfide) groups is 1. The van der Waals surface area contributed by atoms with Gasteiger partial charge in [-0.25, -0.2) is 4.98 Å². The highest BCUT2D eigenvalue weighted by Gasteiger charge is 2.08. The fraction of sp³-hybridized carbons (Fsp3) is 0.444. The van der Waals surface area contributed by atoms with E-state index in [4.69, 9.17) is 9.47 Å². The number of hydrogen-bond donors (Lipinski definition) is 1. The van der Waals surface area contributed by atoms with Crippen LogP contribution in [0.25, 0.3) is 0 Å². The molecule has 1 aromatic carbocycles. The van der Waals surface area contributed by atoms with Gasteiger partial charge in [0.15, 0.2) is 16.7 Å². The van der Waals surface area contributed by atoms with Gasteiger partial charge in [0.1, 0.15) is 0 Å². The van der Waals surface area contributed by atoms with E-state index in [2.05, 4.69) is 10.3 Å². The van der Waals surface area contributed by atoms with Crippen LogP contribution in [0.5, 0.6) is 11.5 Å². The quantitative estimate of drug-likeness (QED) is 0.658. The highest BCUT2D eigenvalue weighted by molar-refractivity contribution is 7.99. The van der Waals surface area contributed by atoms with Crippen molar-refractivity contribution in [2.45, 2.75) is 25.4 Å². The summed E-state index contributed by atoms with van der Waals surface area (Å²) >= 11 is 1.43. The Labute approximate surface area is 152 Å². The number of carbonyl (C=O) groups excluding carboxylic acids is 1. The van der Waals surface area contributed by atoms with E-state index in [0.29, 0.717) is 25.5 Å². The zero-order valence-electron chi connectivity index (χ0n) is 14.9. The lowest BCUT2D eigenvalue weighted by Gasteiger charge is -2.12. The van der Waals surface area contributed by atoms with Gasteiger partial charge in [-0.15, -0.1) is 0 Å². The van der Waals surface area contributed by atoms with Crippen LogP contribution in [0.2, 0.25) is 0 Å². The van der Waals surface area contributed by atoms with Crippen molar-refractivity contribution in [3.63, 3.8) is 0 Å². The number of benzene rings is 1. The Morgan fingerprint density at radius 3 is 2.68 bits per heavy atom. The molecule has 0 saturated heterocycles. The molecule has 1 amide bonds. The van der Waals surface area contributed by atoms with E-state index < -0.39 is 0 Å². The second-order valence-electron chi connectivity index (χ2n) is 5.36. The van der Waals surface area contributed by atoms with E-state index in [1.165, 1.54) is 11.8 Å². The van der Waals surface area contributed by atoms with Crippen molar-refractivity contribution in [3.8, 4) is 11.5 Å². The van der Waals surface area contributed by atoms with Crippen molar-refractivity contribution in [3.05, 3.63) is 36.2 Å². The summed E-state index contributed by atoms with van der Waals surface area (Å²) in [7, 11) is 1.91. The van der Waals surface area contributed by atoms with Gasteiger partial charge in [-0.05, 0) is 38.0 Å². The van der Waals surface area contributed by atoms with E-state index >= 15 is 0 Å². The fourth-order valence-electron chi connectivity index (χ4n) is 2.27. The summed E-state index contributed by atoms with van der Waals surface area (Å²) in [6.45, 7) is 5.66. The van der Waals surface area contributed by atoms with Gasteiger partial charge in [0.2, 0.25) is 5.91 Å². The number of aryl methyl sites for hydroxylation is 1. The molecule has 25 heavy (non-hydrogen) atoms. The van der Waals surface area contributed by atoms with Gasteiger partial charge < -0.3 is 19.4 Å². The predicted molar refractivity (Wildman–Crippen MR) is 99.4 cm³/mol. The van der Waals surface area contributed by atoms with Crippen molar-refractivity contribution >= 4 is 17.7 Å². The molecule has 0 aliphatic heterocycles. The van der Waals surface area contributed by atoms with Gasteiger partial charge in [-0.1, -0.05) is 17.8 Å². The molecule has 0 atom stereocenters. The molecule has 0 unspecified atom stereocenters. The minimum atomic E-state index is 0.00367. The number of hydrogen-bond acceptors (Lipinski definition) is 5. The maximum atomic E-state index is 11.9. The van der Waals surface area contributed by atoms with E-state index in [9.17, 15) is 4.79 Å². The summed E-state index contributed by atoms with van der Waals surface area (Å²) in [6, 6.07) is 5.90. The molecule has 1 heterocycles. The van der Waals surface area contributed by atoms with E-state index in [1.807, 2.05) is 49.9 Å². The van der Waals surface area contributed by atoms with Gasteiger partial charge >= 0.3 is 0 Å². The summed E-state index contributed by atoms with van der Waals surface area (Å²) in [5.74, 6) is 1.87. The largest absolute Gasteiger partial charge is 0.490 e. The van der Waals surface area contributed by atoms with Crippen molar-refractivity contribution < 1.29 is 14.3 Å². The summed E-state index contributed by atoms with van der Waals surface area (Å²) in [6.07, 6.45) is 4.33. The molecule has 0 saturated carbocycles. The van der Waals surface area contributed by atoms with E-state index in [-0.39, 0.29) is 5.91 Å². The topological polar surface area (TPSA) is 65.4 Å². The molecule has 0 aliphatic rings. The number of nitrogens with zero attached hydrogens (tertiary/aromatic N) is 2. The van der Waals surface area contributed by atoms with Gasteiger partial charge in [0.25, 0.3) is 0 Å². The molecule has 1 N–H and O–H groups in total. The third-order valence-electron chi connectivity index (χ3n) is 3.45. The first-order valence-electron chi connectivity index (χ1n) is 8.39. The van der Waals surface area contributed by atoms with Crippen LogP contribution in [-0.2, 0) is 18.3 Å². The van der Waals surface area contributed by atoms with Crippen LogP contribution in [0, 0.1) is 0 Å². The molecule has 6 nitrogen and oxygen atoms in total. The Morgan fingerprint density at radius 1 is 1.24 bits per heavy atom. The van der Waals surface area contributed by atoms with Crippen molar-refractivity contribution in [1.82, 2.24) is 14.9 Å². The first-order chi connectivity index (χ1) is 12.1. The van der Waals surface area contributed by atoms with Crippen LogP contribution < -0.4 is 14.8 Å². The van der Waals surface area contributed by atoms with Crippen LogP contribution in [0.1, 0.15) is 19.4 Å². The molecule has 0 aliphatic carbocycles. The fourth-order valence-corrected chi connectivity index (χ4v) is 3.03. The third kappa shape index (κ3) is 6.01. The van der Waals surface area contributed by atoms with Gasteiger partial charge in [0.05, 0.1) is 19.0 Å². The molecule has 0 bridgehead atoms. The standard InChI is InChI=1S/C18H25N3O3S/c1-4-23-15-7-6-14(12-16(15)24-5-2)8-9-19-17(22)13-25-18-20-10-11-21(18)3/h6-7,10-12H,4-5,8-9,13H2,1-3H3,(H,19,22). The summed E-state index contributed by atoms with van der Waals surface area (Å²) < 4.78 is 13.1. The molecule has 1 aromatic heterocycles. The summed E-state index contributed by atoms with van der Waals surface area (Å²) in [4.78, 5) is 16.1. The molecular weight excluding hydrogens is 338 g/mol. The lowest BCUT2D eigenvalue weighted by molar-refractivity contribution is -0.118. The average Bonchev–Trinajstić information content (AvgIpc) is 3.01. The van der Waals surface area contributed by atoms with Crippen molar-refractivity contribution in [2.75, 3.05) is 25.5 Å². The second kappa shape index (κ2) is 9.98. The normalized spacial score (nSPS) is 10.5. The number of nitrogens with one attached hydrogen (secondary N) is 1. The van der Waals surface area contributed by atoms with Gasteiger partial charge in [-0.3, -0.25) is 4.79 Å². The molecular formula is C18H25N3O3S. The number of imidazole rings is 1. The molecule has 2 rings (SSSR count). The first kappa shape index (κ1) is 19.2. The lowest BCUT2D eigenvalue weighted by atomic mass is 10.1. The van der Waals surface area contributed by atoms with Crippen LogP contribution >= 0.6 is 11.8 Å². The number of carbonyl (C=O) groups is 1. The third-order valence-corrected chi connectivity index (χ3v) is 4.51. The van der Waals surface area contributed by atoms with E-state index in [0.717, 1.165) is 28.6 Å². The monoisotopic (exact) mass is 363 g/mol. The van der Waals surface area contributed by atoms with Gasteiger partial charge in [0, 0.05) is 26.0 Å². The van der Waals surface area contributed by atoms with E-state index in [1.54, 1.807) is 6.20 Å². The molecule has 0 spiro atoms. The number of amides is 1. The highest BCUT2D eigenvalue weighted by atomic mass is 32.2. The SMILES string of the molecule is CCOc1ccc(CCNC(=O)CSc2nccn2C)cc1OCC. The van der Waals surface area contributed by atoms with Crippen LogP contribution in [-0.4, -0.2) is 41.0 Å². The Bertz CT molecular complexity index is 688. The minimum Gasteiger partial charge on any atom is -0.490 e. The number of rotatable bonds is 10. The average molecular weight is 363 g/mol. The van der Waals surface area contributed by atoms with Crippen LogP contribution in [0.15, 0.2) is 35.7 Å². The molecule has 7 heteroatoms. The summed E-state index contributed by atoms with van der Waals surface area (Å²) in [5.41, 5.74) is 1.10. The van der Waals surface area contributed by atoms with Gasteiger partial charge in [-0.2, -0.15) is 0 Å². The summed E-state index contributed by atoms with van der Waals surface area (Å²) in [5, 5.41) is 3.77. The molecule has 136 valence electrons.